The molecule has 3 aromatic rings. The fourth-order valence-electron chi connectivity index (χ4n) is 3.74. The average molecular weight is 374 g/mol. The Morgan fingerprint density at radius 2 is 1.79 bits per heavy atom. The summed E-state index contributed by atoms with van der Waals surface area (Å²) in [6, 6.07) is 18.5. The zero-order chi connectivity index (χ0) is 19.3. The first-order valence-electron chi connectivity index (χ1n) is 10.1. The third-order valence-electron chi connectivity index (χ3n) is 5.58. The summed E-state index contributed by atoms with van der Waals surface area (Å²) in [6.07, 6.45) is 4.73. The summed E-state index contributed by atoms with van der Waals surface area (Å²) >= 11 is 0. The van der Waals surface area contributed by atoms with E-state index in [1.165, 1.54) is 23.6 Å². The molecule has 0 atom stereocenters. The molecule has 144 valence electrons. The predicted octanol–water partition coefficient (Wildman–Crippen LogP) is 4.33. The van der Waals surface area contributed by atoms with Crippen molar-refractivity contribution >= 4 is 22.5 Å². The van der Waals surface area contributed by atoms with E-state index in [9.17, 15) is 4.79 Å². The minimum atomic E-state index is 0.0318. The number of benzene rings is 2. The van der Waals surface area contributed by atoms with E-state index in [1.54, 1.807) is 0 Å². The van der Waals surface area contributed by atoms with E-state index < -0.39 is 0 Å². The van der Waals surface area contributed by atoms with Crippen LogP contribution in [0.25, 0.3) is 10.8 Å². The molecule has 1 amide bonds. The fourth-order valence-corrected chi connectivity index (χ4v) is 3.74. The topological polar surface area (TPSA) is 45.2 Å². The average Bonchev–Trinajstić information content (AvgIpc) is 2.73. The lowest BCUT2D eigenvalue weighted by atomic mass is 9.99. The van der Waals surface area contributed by atoms with Gasteiger partial charge in [0.15, 0.2) is 0 Å². The molecular weight excluding hydrogens is 346 g/mol. The number of carbonyl (C=O) groups excluding carboxylic acids is 1. The van der Waals surface area contributed by atoms with E-state index in [0.717, 1.165) is 36.0 Å². The Kier molecular flexibility index (Phi) is 5.56. The number of amides is 1. The largest absolute Gasteiger partial charge is 0.357 e. The van der Waals surface area contributed by atoms with Crippen molar-refractivity contribution in [2.24, 2.45) is 5.92 Å². The standard InChI is InChI=1S/C24H27N3O/c1-18-10-12-27(13-11-18)23-9-7-20(16-25-23)17-26-24(28)15-19-6-8-21-4-2-3-5-22(21)14-19/h2-9,14,16,18H,10-13,15,17H2,1H3,(H,26,28). The van der Waals surface area contributed by atoms with Crippen LogP contribution in [0.3, 0.4) is 0 Å². The number of piperidine rings is 1. The van der Waals surface area contributed by atoms with Gasteiger partial charge in [-0.15, -0.1) is 0 Å². The number of hydrogen-bond acceptors (Lipinski definition) is 3. The van der Waals surface area contributed by atoms with Gasteiger partial charge in [0.25, 0.3) is 0 Å². The van der Waals surface area contributed by atoms with Gasteiger partial charge in [-0.3, -0.25) is 4.79 Å². The molecule has 0 unspecified atom stereocenters. The third-order valence-corrected chi connectivity index (χ3v) is 5.58. The van der Waals surface area contributed by atoms with E-state index in [0.29, 0.717) is 13.0 Å². The molecule has 1 N–H and O–H groups in total. The van der Waals surface area contributed by atoms with Crippen molar-refractivity contribution in [3.8, 4) is 0 Å². The first-order valence-corrected chi connectivity index (χ1v) is 10.1. The molecule has 4 rings (SSSR count). The van der Waals surface area contributed by atoms with Crippen LogP contribution in [0.2, 0.25) is 0 Å². The number of hydrogen-bond donors (Lipinski definition) is 1. The second-order valence-corrected chi connectivity index (χ2v) is 7.83. The van der Waals surface area contributed by atoms with Gasteiger partial charge < -0.3 is 10.2 Å². The van der Waals surface area contributed by atoms with Crippen molar-refractivity contribution in [2.75, 3.05) is 18.0 Å². The Morgan fingerprint density at radius 3 is 2.54 bits per heavy atom. The molecule has 1 saturated heterocycles. The van der Waals surface area contributed by atoms with Crippen LogP contribution >= 0.6 is 0 Å². The molecule has 0 spiro atoms. The normalized spacial score (nSPS) is 15.0. The predicted molar refractivity (Wildman–Crippen MR) is 114 cm³/mol. The number of pyridine rings is 1. The summed E-state index contributed by atoms with van der Waals surface area (Å²) < 4.78 is 0. The summed E-state index contributed by atoms with van der Waals surface area (Å²) in [5.74, 6) is 1.89. The van der Waals surface area contributed by atoms with Gasteiger partial charge in [0.1, 0.15) is 5.82 Å². The van der Waals surface area contributed by atoms with Crippen molar-refractivity contribution < 1.29 is 4.79 Å². The SMILES string of the molecule is CC1CCN(c2ccc(CNC(=O)Cc3ccc4ccccc4c3)cn2)CC1. The zero-order valence-corrected chi connectivity index (χ0v) is 16.4. The van der Waals surface area contributed by atoms with Crippen LogP contribution < -0.4 is 10.2 Å². The van der Waals surface area contributed by atoms with E-state index in [1.807, 2.05) is 24.4 Å². The number of anilines is 1. The van der Waals surface area contributed by atoms with Gasteiger partial charge in [-0.2, -0.15) is 0 Å². The van der Waals surface area contributed by atoms with Crippen LogP contribution in [0, 0.1) is 5.92 Å². The Balaban J connectivity index is 1.30. The summed E-state index contributed by atoms with van der Waals surface area (Å²) in [6.45, 7) is 4.98. The highest BCUT2D eigenvalue weighted by atomic mass is 16.1. The van der Waals surface area contributed by atoms with Gasteiger partial charge in [0.05, 0.1) is 6.42 Å². The van der Waals surface area contributed by atoms with Gasteiger partial charge in [-0.05, 0) is 46.7 Å². The monoisotopic (exact) mass is 373 g/mol. The lowest BCUT2D eigenvalue weighted by Crippen LogP contribution is -2.33. The first kappa shape index (κ1) is 18.5. The molecular formula is C24H27N3O. The molecule has 2 aromatic carbocycles. The van der Waals surface area contributed by atoms with Crippen LogP contribution in [-0.2, 0) is 17.8 Å². The Labute approximate surface area is 166 Å². The molecule has 4 heteroatoms. The molecule has 4 nitrogen and oxygen atoms in total. The molecule has 1 aromatic heterocycles. The molecule has 0 radical (unpaired) electrons. The molecule has 28 heavy (non-hydrogen) atoms. The lowest BCUT2D eigenvalue weighted by molar-refractivity contribution is -0.120. The zero-order valence-electron chi connectivity index (χ0n) is 16.4. The van der Waals surface area contributed by atoms with E-state index in [4.69, 9.17) is 0 Å². The van der Waals surface area contributed by atoms with Crippen molar-refractivity contribution in [1.82, 2.24) is 10.3 Å². The fraction of sp³-hybridized carbons (Fsp3) is 0.333. The Bertz CT molecular complexity index is 943. The van der Waals surface area contributed by atoms with Crippen molar-refractivity contribution in [1.29, 1.82) is 0 Å². The molecule has 1 fully saturated rings. The van der Waals surface area contributed by atoms with E-state index in [-0.39, 0.29) is 5.91 Å². The van der Waals surface area contributed by atoms with Gasteiger partial charge in [-0.1, -0.05) is 55.5 Å². The second-order valence-electron chi connectivity index (χ2n) is 7.83. The maximum atomic E-state index is 12.3. The highest BCUT2D eigenvalue weighted by molar-refractivity contribution is 5.85. The highest BCUT2D eigenvalue weighted by Gasteiger charge is 2.16. The smallest absolute Gasteiger partial charge is 0.224 e. The minimum absolute atomic E-state index is 0.0318. The summed E-state index contributed by atoms with van der Waals surface area (Å²) in [5, 5.41) is 5.37. The molecule has 2 heterocycles. The molecule has 0 bridgehead atoms. The molecule has 1 aliphatic rings. The molecule has 0 aliphatic carbocycles. The van der Waals surface area contributed by atoms with Gasteiger partial charge in [0.2, 0.25) is 5.91 Å². The summed E-state index contributed by atoms with van der Waals surface area (Å²) in [4.78, 5) is 19.3. The van der Waals surface area contributed by atoms with Crippen molar-refractivity contribution in [2.45, 2.75) is 32.7 Å². The van der Waals surface area contributed by atoms with Crippen molar-refractivity contribution in [3.63, 3.8) is 0 Å². The Hall–Kier alpha value is -2.88. The molecule has 1 aliphatic heterocycles. The number of aromatic nitrogens is 1. The number of nitrogens with zero attached hydrogens (tertiary/aromatic N) is 2. The highest BCUT2D eigenvalue weighted by Crippen LogP contribution is 2.21. The van der Waals surface area contributed by atoms with Crippen LogP contribution in [0.5, 0.6) is 0 Å². The minimum Gasteiger partial charge on any atom is -0.357 e. The van der Waals surface area contributed by atoms with E-state index in [2.05, 4.69) is 58.5 Å². The van der Waals surface area contributed by atoms with Crippen LogP contribution in [0.15, 0.2) is 60.8 Å². The van der Waals surface area contributed by atoms with E-state index >= 15 is 0 Å². The number of carbonyl (C=O) groups is 1. The quantitative estimate of drug-likeness (QED) is 0.724. The van der Waals surface area contributed by atoms with Gasteiger partial charge in [0, 0.05) is 25.8 Å². The number of nitrogens with one attached hydrogen (secondary N) is 1. The third kappa shape index (κ3) is 4.50. The number of rotatable bonds is 5. The summed E-state index contributed by atoms with van der Waals surface area (Å²) in [7, 11) is 0. The first-order chi connectivity index (χ1) is 13.7. The lowest BCUT2D eigenvalue weighted by Gasteiger charge is -2.31. The van der Waals surface area contributed by atoms with Crippen LogP contribution in [0.1, 0.15) is 30.9 Å². The van der Waals surface area contributed by atoms with Gasteiger partial charge >= 0.3 is 0 Å². The maximum Gasteiger partial charge on any atom is 0.224 e. The van der Waals surface area contributed by atoms with Crippen molar-refractivity contribution in [3.05, 3.63) is 71.9 Å². The Morgan fingerprint density at radius 1 is 1.04 bits per heavy atom. The number of fused-ring (bicyclic) bond motifs is 1. The second kappa shape index (κ2) is 8.42. The summed E-state index contributed by atoms with van der Waals surface area (Å²) in [5.41, 5.74) is 2.06. The maximum absolute atomic E-state index is 12.3. The molecule has 0 saturated carbocycles. The van der Waals surface area contributed by atoms with Gasteiger partial charge in [-0.25, -0.2) is 4.98 Å². The van der Waals surface area contributed by atoms with Crippen LogP contribution in [-0.4, -0.2) is 24.0 Å². The van der Waals surface area contributed by atoms with Crippen LogP contribution in [0.4, 0.5) is 5.82 Å².